The lowest BCUT2D eigenvalue weighted by atomic mass is 10.1. The van der Waals surface area contributed by atoms with E-state index < -0.39 is 11.8 Å². The van der Waals surface area contributed by atoms with Gasteiger partial charge in [0, 0.05) is 35.2 Å². The number of nitriles is 1. The van der Waals surface area contributed by atoms with Crippen LogP contribution in [0, 0.1) is 17.1 Å². The highest BCUT2D eigenvalue weighted by atomic mass is 32.1. The number of carbonyl (C=O) groups is 1. The summed E-state index contributed by atoms with van der Waals surface area (Å²) in [5.41, 5.74) is 0.482. The summed E-state index contributed by atoms with van der Waals surface area (Å²) >= 11 is 1.08. The number of halogens is 1. The fourth-order valence-corrected chi connectivity index (χ4v) is 3.15. The van der Waals surface area contributed by atoms with E-state index >= 15 is 0 Å². The molecule has 0 atom stereocenters. The van der Waals surface area contributed by atoms with Crippen molar-refractivity contribution in [1.29, 1.82) is 5.26 Å². The van der Waals surface area contributed by atoms with Crippen LogP contribution in [-0.4, -0.2) is 29.6 Å². The molecule has 0 bridgehead atoms. The lowest BCUT2D eigenvalue weighted by Gasteiger charge is -2.15. The Labute approximate surface area is 119 Å². The summed E-state index contributed by atoms with van der Waals surface area (Å²) in [6, 6.07) is 6.66. The lowest BCUT2D eigenvalue weighted by molar-refractivity contribution is 0.0700. The van der Waals surface area contributed by atoms with Crippen molar-refractivity contribution in [2.24, 2.45) is 0 Å². The van der Waals surface area contributed by atoms with Crippen molar-refractivity contribution in [3.63, 3.8) is 0 Å². The molecule has 2 aromatic rings. The summed E-state index contributed by atoms with van der Waals surface area (Å²) in [6.07, 6.45) is 0.351. The molecule has 0 spiro atoms. The van der Waals surface area contributed by atoms with E-state index in [2.05, 4.69) is 0 Å². The second-order valence-electron chi connectivity index (χ2n) is 4.47. The van der Waals surface area contributed by atoms with Crippen LogP contribution in [0.15, 0.2) is 18.2 Å². The highest BCUT2D eigenvalue weighted by Gasteiger charge is 2.20. The lowest BCUT2D eigenvalue weighted by Crippen LogP contribution is -2.20. The molecule has 20 heavy (non-hydrogen) atoms. The zero-order valence-corrected chi connectivity index (χ0v) is 11.7. The molecule has 1 aromatic carbocycles. The van der Waals surface area contributed by atoms with E-state index in [1.165, 1.54) is 6.07 Å². The van der Waals surface area contributed by atoms with E-state index in [4.69, 9.17) is 5.26 Å². The molecule has 0 unspecified atom stereocenters. The second-order valence-corrected chi connectivity index (χ2v) is 5.53. The summed E-state index contributed by atoms with van der Waals surface area (Å²) in [5.74, 6) is -1.45. The van der Waals surface area contributed by atoms with Gasteiger partial charge in [-0.2, -0.15) is 5.26 Å². The first kappa shape index (κ1) is 14.4. The number of hydrogen-bond acceptors (Lipinski definition) is 4. The number of benzene rings is 1. The molecule has 0 aliphatic heterocycles. The van der Waals surface area contributed by atoms with Gasteiger partial charge in [-0.05, 0) is 19.2 Å². The van der Waals surface area contributed by atoms with Crippen molar-refractivity contribution in [3.05, 3.63) is 34.5 Å². The van der Waals surface area contributed by atoms with E-state index in [1.54, 1.807) is 19.2 Å². The predicted octanol–water partition coefficient (Wildman–Crippen LogP) is 3.08. The molecule has 4 nitrogen and oxygen atoms in total. The van der Waals surface area contributed by atoms with Gasteiger partial charge in [-0.15, -0.1) is 11.3 Å². The molecule has 0 saturated heterocycles. The minimum absolute atomic E-state index is 0.161. The van der Waals surface area contributed by atoms with E-state index in [1.807, 2.05) is 11.0 Å². The van der Waals surface area contributed by atoms with Crippen LogP contribution in [0.2, 0.25) is 0 Å². The third kappa shape index (κ3) is 2.79. The standard InChI is InChI=1S/C14H13FN2O2S/c1-17(7-3-6-16)8-9-12-10(15)4-2-5-11(12)20-13(9)14(18)19/h2,4-5H,3,7-8H2,1H3,(H,18,19). The molecule has 0 aliphatic rings. The molecule has 0 saturated carbocycles. The van der Waals surface area contributed by atoms with Crippen LogP contribution in [0.5, 0.6) is 0 Å². The largest absolute Gasteiger partial charge is 0.477 e. The van der Waals surface area contributed by atoms with Crippen molar-refractivity contribution in [2.75, 3.05) is 13.6 Å². The molecule has 0 fully saturated rings. The number of aromatic carboxylic acids is 1. The van der Waals surface area contributed by atoms with Gasteiger partial charge in [0.2, 0.25) is 0 Å². The Morgan fingerprint density at radius 2 is 2.30 bits per heavy atom. The fraction of sp³-hybridized carbons (Fsp3) is 0.286. The van der Waals surface area contributed by atoms with E-state index in [-0.39, 0.29) is 4.88 Å². The summed E-state index contributed by atoms with van der Waals surface area (Å²) in [4.78, 5) is 13.3. The molecular formula is C14H13FN2O2S. The summed E-state index contributed by atoms with van der Waals surface area (Å²) in [6.45, 7) is 0.825. The van der Waals surface area contributed by atoms with E-state index in [9.17, 15) is 14.3 Å². The molecule has 0 radical (unpaired) electrons. The zero-order valence-electron chi connectivity index (χ0n) is 10.9. The van der Waals surface area contributed by atoms with Crippen LogP contribution in [0.4, 0.5) is 4.39 Å². The SMILES string of the molecule is CN(CCC#N)Cc1c(C(=O)O)sc2cccc(F)c12. The number of nitrogens with zero attached hydrogens (tertiary/aromatic N) is 2. The molecule has 104 valence electrons. The van der Waals surface area contributed by atoms with Gasteiger partial charge in [-0.1, -0.05) is 6.07 Å². The molecule has 6 heteroatoms. The first-order chi connectivity index (χ1) is 9.54. The van der Waals surface area contributed by atoms with Gasteiger partial charge in [0.05, 0.1) is 6.07 Å². The number of hydrogen-bond donors (Lipinski definition) is 1. The maximum atomic E-state index is 14.0. The Hall–Kier alpha value is -1.97. The number of carboxylic acids is 1. The van der Waals surface area contributed by atoms with Crippen molar-refractivity contribution in [2.45, 2.75) is 13.0 Å². The first-order valence-electron chi connectivity index (χ1n) is 6.03. The van der Waals surface area contributed by atoms with E-state index in [0.717, 1.165) is 11.3 Å². The molecule has 0 aliphatic carbocycles. The Kier molecular flexibility index (Phi) is 4.32. The second kappa shape index (κ2) is 5.99. The normalized spacial score (nSPS) is 10.9. The van der Waals surface area contributed by atoms with Gasteiger partial charge in [0.1, 0.15) is 10.7 Å². The maximum absolute atomic E-state index is 14.0. The molecule has 1 heterocycles. The fourth-order valence-electron chi connectivity index (χ4n) is 2.08. The van der Waals surface area contributed by atoms with Crippen LogP contribution < -0.4 is 0 Å². The molecule has 0 amide bonds. The van der Waals surface area contributed by atoms with Crippen molar-refractivity contribution in [1.82, 2.24) is 4.90 Å². The average molecular weight is 292 g/mol. The summed E-state index contributed by atoms with van der Waals surface area (Å²) < 4.78 is 14.6. The average Bonchev–Trinajstić information content (AvgIpc) is 2.77. The van der Waals surface area contributed by atoms with Crippen LogP contribution in [0.3, 0.4) is 0 Å². The van der Waals surface area contributed by atoms with Crippen molar-refractivity contribution in [3.8, 4) is 6.07 Å². The van der Waals surface area contributed by atoms with Gasteiger partial charge >= 0.3 is 5.97 Å². The van der Waals surface area contributed by atoms with Crippen LogP contribution in [0.1, 0.15) is 21.7 Å². The summed E-state index contributed by atoms with van der Waals surface area (Å²) in [7, 11) is 1.79. The smallest absolute Gasteiger partial charge is 0.346 e. The molecule has 2 rings (SSSR count). The van der Waals surface area contributed by atoms with Gasteiger partial charge in [0.15, 0.2) is 0 Å². The van der Waals surface area contributed by atoms with Gasteiger partial charge in [-0.3, -0.25) is 0 Å². The van der Waals surface area contributed by atoms with Gasteiger partial charge in [0.25, 0.3) is 0 Å². The highest BCUT2D eigenvalue weighted by molar-refractivity contribution is 7.21. The quantitative estimate of drug-likeness (QED) is 0.919. The number of rotatable bonds is 5. The topological polar surface area (TPSA) is 64.3 Å². The minimum atomic E-state index is -1.05. The van der Waals surface area contributed by atoms with E-state index in [0.29, 0.717) is 35.2 Å². The molecular weight excluding hydrogens is 279 g/mol. The first-order valence-corrected chi connectivity index (χ1v) is 6.85. The number of fused-ring (bicyclic) bond motifs is 1. The number of carboxylic acid groups (broad SMARTS) is 1. The van der Waals surface area contributed by atoms with Crippen molar-refractivity contribution >= 4 is 27.4 Å². The minimum Gasteiger partial charge on any atom is -0.477 e. The molecule has 1 N–H and O–H groups in total. The van der Waals surface area contributed by atoms with Crippen LogP contribution in [0.25, 0.3) is 10.1 Å². The zero-order chi connectivity index (χ0) is 14.7. The Morgan fingerprint density at radius 3 is 2.95 bits per heavy atom. The highest BCUT2D eigenvalue weighted by Crippen LogP contribution is 2.34. The number of thiophene rings is 1. The third-order valence-electron chi connectivity index (χ3n) is 2.99. The van der Waals surface area contributed by atoms with Gasteiger partial charge in [-0.25, -0.2) is 9.18 Å². The van der Waals surface area contributed by atoms with Crippen molar-refractivity contribution < 1.29 is 14.3 Å². The third-order valence-corrected chi connectivity index (χ3v) is 4.18. The predicted molar refractivity (Wildman–Crippen MR) is 75.3 cm³/mol. The molecule has 1 aromatic heterocycles. The Balaban J connectivity index is 2.46. The van der Waals surface area contributed by atoms with Crippen LogP contribution >= 0.6 is 11.3 Å². The van der Waals surface area contributed by atoms with Gasteiger partial charge < -0.3 is 10.0 Å². The Morgan fingerprint density at radius 1 is 1.55 bits per heavy atom. The monoisotopic (exact) mass is 292 g/mol. The summed E-state index contributed by atoms with van der Waals surface area (Å²) in [5, 5.41) is 18.2. The maximum Gasteiger partial charge on any atom is 0.346 e. The Bertz CT molecular complexity index is 690. The van der Waals surface area contributed by atoms with Crippen LogP contribution in [-0.2, 0) is 6.54 Å².